The molecule has 0 radical (unpaired) electrons. The fraction of sp³-hybridized carbons (Fsp3) is 0.467. The zero-order valence-corrected chi connectivity index (χ0v) is 11.9. The van der Waals surface area contributed by atoms with Gasteiger partial charge in [0, 0.05) is 35.9 Å². The predicted octanol–water partition coefficient (Wildman–Crippen LogP) is 3.24. The number of carbonyl (C=O) groups excluding carboxylic acids is 1. The first-order valence-corrected chi connectivity index (χ1v) is 7.98. The molecule has 104 valence electrons. The van der Waals surface area contributed by atoms with Crippen LogP contribution in [0.4, 0.5) is 0 Å². The molecule has 0 aromatic carbocycles. The summed E-state index contributed by atoms with van der Waals surface area (Å²) in [4.78, 5) is 15.7. The van der Waals surface area contributed by atoms with E-state index in [1.54, 1.807) is 11.3 Å². The Morgan fingerprint density at radius 2 is 2.25 bits per heavy atom. The van der Waals surface area contributed by atoms with Gasteiger partial charge in [0.25, 0.3) is 5.91 Å². The first-order valence-electron chi connectivity index (χ1n) is 7.10. The van der Waals surface area contributed by atoms with Crippen LogP contribution in [0.5, 0.6) is 0 Å². The highest BCUT2D eigenvalue weighted by molar-refractivity contribution is 7.10. The molecule has 1 amide bonds. The third-order valence-electron chi connectivity index (χ3n) is 4.15. The van der Waals surface area contributed by atoms with E-state index >= 15 is 0 Å². The summed E-state index contributed by atoms with van der Waals surface area (Å²) in [5.41, 5.74) is 0.471. The van der Waals surface area contributed by atoms with Crippen molar-refractivity contribution >= 4 is 17.2 Å². The number of hydrogen-bond acceptors (Lipinski definition) is 4. The van der Waals surface area contributed by atoms with E-state index in [-0.39, 0.29) is 5.91 Å². The normalized spacial score (nSPS) is 22.4. The van der Waals surface area contributed by atoms with E-state index in [9.17, 15) is 4.79 Å². The summed E-state index contributed by atoms with van der Waals surface area (Å²) in [5.74, 6) is 1.87. The molecular formula is C15H16N2O2S. The standard InChI is InChI=1S/C15H16N2O2S/c18-15(12-8-13(19-16-12)10-3-4-10)17-6-5-11(9-17)14-2-1-7-20-14/h1-2,7-8,10-11H,3-6,9H2. The Bertz CT molecular complexity index is 616. The van der Waals surface area contributed by atoms with E-state index < -0.39 is 0 Å². The van der Waals surface area contributed by atoms with Gasteiger partial charge in [-0.3, -0.25) is 4.79 Å². The minimum absolute atomic E-state index is 0.0136. The van der Waals surface area contributed by atoms with Crippen LogP contribution < -0.4 is 0 Å². The number of likely N-dealkylation sites (tertiary alicyclic amines) is 1. The van der Waals surface area contributed by atoms with Gasteiger partial charge in [-0.05, 0) is 30.7 Å². The van der Waals surface area contributed by atoms with Crippen molar-refractivity contribution in [1.29, 1.82) is 0 Å². The highest BCUT2D eigenvalue weighted by Gasteiger charge is 2.32. The second-order valence-electron chi connectivity index (χ2n) is 5.64. The maximum Gasteiger partial charge on any atom is 0.276 e. The third kappa shape index (κ3) is 2.16. The van der Waals surface area contributed by atoms with Crippen LogP contribution in [-0.2, 0) is 0 Å². The van der Waals surface area contributed by atoms with Crippen LogP contribution in [0.2, 0.25) is 0 Å². The molecule has 0 bridgehead atoms. The Morgan fingerprint density at radius 1 is 1.35 bits per heavy atom. The van der Waals surface area contributed by atoms with Gasteiger partial charge in [-0.1, -0.05) is 11.2 Å². The number of carbonyl (C=O) groups is 1. The molecule has 1 unspecified atom stereocenters. The molecule has 0 spiro atoms. The van der Waals surface area contributed by atoms with Gasteiger partial charge in [0.1, 0.15) is 5.76 Å². The van der Waals surface area contributed by atoms with Crippen molar-refractivity contribution in [1.82, 2.24) is 10.1 Å². The molecule has 1 aliphatic heterocycles. The summed E-state index contributed by atoms with van der Waals surface area (Å²) >= 11 is 1.77. The number of nitrogens with zero attached hydrogens (tertiary/aromatic N) is 2. The molecular weight excluding hydrogens is 272 g/mol. The van der Waals surface area contributed by atoms with Crippen molar-refractivity contribution < 1.29 is 9.32 Å². The van der Waals surface area contributed by atoms with E-state index in [0.29, 0.717) is 17.5 Å². The van der Waals surface area contributed by atoms with Crippen molar-refractivity contribution in [3.8, 4) is 0 Å². The second-order valence-corrected chi connectivity index (χ2v) is 6.62. The Labute approximate surface area is 121 Å². The van der Waals surface area contributed by atoms with E-state index in [4.69, 9.17) is 4.52 Å². The van der Waals surface area contributed by atoms with E-state index in [2.05, 4.69) is 22.7 Å². The summed E-state index contributed by atoms with van der Waals surface area (Å²) in [7, 11) is 0. The molecule has 1 saturated heterocycles. The van der Waals surface area contributed by atoms with Gasteiger partial charge in [-0.2, -0.15) is 0 Å². The Hall–Kier alpha value is -1.62. The number of rotatable bonds is 3. The summed E-state index contributed by atoms with van der Waals surface area (Å²) in [6, 6.07) is 6.06. The highest BCUT2D eigenvalue weighted by Crippen LogP contribution is 2.40. The van der Waals surface area contributed by atoms with E-state index in [0.717, 1.165) is 38.1 Å². The van der Waals surface area contributed by atoms with Crippen molar-refractivity contribution in [2.45, 2.75) is 31.1 Å². The summed E-state index contributed by atoms with van der Waals surface area (Å²) < 4.78 is 5.27. The van der Waals surface area contributed by atoms with Gasteiger partial charge in [-0.15, -0.1) is 11.3 Å². The lowest BCUT2D eigenvalue weighted by Gasteiger charge is -2.14. The minimum atomic E-state index is 0.0136. The molecule has 3 heterocycles. The van der Waals surface area contributed by atoms with Crippen LogP contribution in [-0.4, -0.2) is 29.1 Å². The molecule has 2 aromatic heterocycles. The average Bonchev–Trinajstić information content (AvgIpc) is 2.97. The van der Waals surface area contributed by atoms with Crippen LogP contribution in [0.3, 0.4) is 0 Å². The van der Waals surface area contributed by atoms with Crippen LogP contribution >= 0.6 is 11.3 Å². The molecule has 20 heavy (non-hydrogen) atoms. The molecule has 2 fully saturated rings. The van der Waals surface area contributed by atoms with Gasteiger partial charge in [0.2, 0.25) is 0 Å². The SMILES string of the molecule is O=C(c1cc(C2CC2)on1)N1CCC(c2cccs2)C1. The van der Waals surface area contributed by atoms with Crippen molar-refractivity contribution in [2.24, 2.45) is 0 Å². The first kappa shape index (κ1) is 12.1. The number of hydrogen-bond donors (Lipinski definition) is 0. The van der Waals surface area contributed by atoms with Crippen molar-refractivity contribution in [2.75, 3.05) is 13.1 Å². The fourth-order valence-corrected chi connectivity index (χ4v) is 3.67. The maximum absolute atomic E-state index is 12.4. The van der Waals surface area contributed by atoms with Crippen LogP contribution in [0, 0.1) is 0 Å². The van der Waals surface area contributed by atoms with Gasteiger partial charge in [-0.25, -0.2) is 0 Å². The zero-order chi connectivity index (χ0) is 13.5. The highest BCUT2D eigenvalue weighted by atomic mass is 32.1. The topological polar surface area (TPSA) is 46.3 Å². The Balaban J connectivity index is 1.46. The minimum Gasteiger partial charge on any atom is -0.360 e. The molecule has 4 nitrogen and oxygen atoms in total. The second kappa shape index (κ2) is 4.74. The Morgan fingerprint density at radius 3 is 3.00 bits per heavy atom. The van der Waals surface area contributed by atoms with Gasteiger partial charge in [0.05, 0.1) is 0 Å². The molecule has 1 atom stereocenters. The van der Waals surface area contributed by atoms with Crippen molar-refractivity contribution in [3.63, 3.8) is 0 Å². The molecule has 1 aliphatic carbocycles. The molecule has 0 N–H and O–H groups in total. The summed E-state index contributed by atoms with van der Waals surface area (Å²) in [6.45, 7) is 1.61. The van der Waals surface area contributed by atoms with E-state index in [1.807, 2.05) is 11.0 Å². The van der Waals surface area contributed by atoms with Gasteiger partial charge in [0.15, 0.2) is 5.69 Å². The summed E-state index contributed by atoms with van der Waals surface area (Å²) in [6.07, 6.45) is 3.36. The fourth-order valence-electron chi connectivity index (χ4n) is 2.81. The largest absolute Gasteiger partial charge is 0.360 e. The van der Waals surface area contributed by atoms with Gasteiger partial charge >= 0.3 is 0 Å². The predicted molar refractivity (Wildman–Crippen MR) is 76.1 cm³/mol. The van der Waals surface area contributed by atoms with Crippen molar-refractivity contribution in [3.05, 3.63) is 39.9 Å². The smallest absolute Gasteiger partial charge is 0.276 e. The Kier molecular flexibility index (Phi) is 2.88. The number of amides is 1. The number of aromatic nitrogens is 1. The quantitative estimate of drug-likeness (QED) is 0.871. The lowest BCUT2D eigenvalue weighted by atomic mass is 10.1. The molecule has 2 aromatic rings. The molecule has 5 heteroatoms. The van der Waals surface area contributed by atoms with Crippen LogP contribution in [0.1, 0.15) is 52.2 Å². The molecule has 2 aliphatic rings. The lowest BCUT2D eigenvalue weighted by molar-refractivity contribution is 0.0780. The summed E-state index contributed by atoms with van der Waals surface area (Å²) in [5, 5.41) is 6.04. The van der Waals surface area contributed by atoms with Crippen LogP contribution in [0.15, 0.2) is 28.1 Å². The number of thiophene rings is 1. The van der Waals surface area contributed by atoms with E-state index in [1.165, 1.54) is 4.88 Å². The first-order chi connectivity index (χ1) is 9.81. The lowest BCUT2D eigenvalue weighted by Crippen LogP contribution is -2.28. The monoisotopic (exact) mass is 288 g/mol. The van der Waals surface area contributed by atoms with Gasteiger partial charge < -0.3 is 9.42 Å². The average molecular weight is 288 g/mol. The molecule has 4 rings (SSSR count). The third-order valence-corrected chi connectivity index (χ3v) is 5.18. The zero-order valence-electron chi connectivity index (χ0n) is 11.1. The maximum atomic E-state index is 12.4. The molecule has 1 saturated carbocycles. The van der Waals surface area contributed by atoms with Crippen LogP contribution in [0.25, 0.3) is 0 Å².